The van der Waals surface area contributed by atoms with Gasteiger partial charge in [0.1, 0.15) is 18.5 Å². The number of aliphatic hydroxyl groups excluding tert-OH is 1. The molecule has 2 aliphatic heterocycles. The van der Waals surface area contributed by atoms with E-state index in [-0.39, 0.29) is 13.0 Å². The number of aromatic nitrogens is 4. The maximum absolute atomic E-state index is 14.4. The van der Waals surface area contributed by atoms with Crippen molar-refractivity contribution in [2.24, 2.45) is 0 Å². The standard InChI is InChI=1S/C18H21FN4O8/c19-10-7-9(30-15(10)23-6-4-13(25)21-18(23)28)8-29-16(26)11-1-2-14(31-11)22-5-3-12(24)20-17(22)27/h3-6,9-11,14-16,26H,1-2,7-8H2,(H,20,24,27)(H,21,25,28)/t9-,10+,11-,14+,15+,16?/m0/s1. The summed E-state index contributed by atoms with van der Waals surface area (Å²) in [6.45, 7) is -0.153. The van der Waals surface area contributed by atoms with Gasteiger partial charge in [0.2, 0.25) is 0 Å². The van der Waals surface area contributed by atoms with E-state index in [0.717, 1.165) is 16.8 Å². The molecule has 2 aromatic rings. The molecule has 0 bridgehead atoms. The van der Waals surface area contributed by atoms with Crippen LogP contribution in [0.1, 0.15) is 31.7 Å². The van der Waals surface area contributed by atoms with Crippen LogP contribution in [0.3, 0.4) is 0 Å². The normalized spacial score (nSPS) is 29.3. The highest BCUT2D eigenvalue weighted by Gasteiger charge is 2.39. The zero-order chi connectivity index (χ0) is 22.1. The molecule has 13 heteroatoms. The first-order valence-corrected chi connectivity index (χ1v) is 9.69. The lowest BCUT2D eigenvalue weighted by Gasteiger charge is -2.22. The Morgan fingerprint density at radius 2 is 1.71 bits per heavy atom. The highest BCUT2D eigenvalue weighted by Crippen LogP contribution is 2.32. The Morgan fingerprint density at radius 3 is 2.35 bits per heavy atom. The lowest BCUT2D eigenvalue weighted by atomic mass is 10.2. The number of aliphatic hydroxyl groups is 1. The minimum absolute atomic E-state index is 0.0656. The molecule has 2 aromatic heterocycles. The van der Waals surface area contributed by atoms with E-state index in [4.69, 9.17) is 14.2 Å². The van der Waals surface area contributed by atoms with Crippen molar-refractivity contribution in [2.45, 2.75) is 56.4 Å². The van der Waals surface area contributed by atoms with E-state index in [2.05, 4.69) is 4.98 Å². The van der Waals surface area contributed by atoms with Crippen LogP contribution in [0.4, 0.5) is 4.39 Å². The number of nitrogens with zero attached hydrogens (tertiary/aromatic N) is 2. The van der Waals surface area contributed by atoms with Gasteiger partial charge in [-0.25, -0.2) is 14.0 Å². The van der Waals surface area contributed by atoms with E-state index >= 15 is 0 Å². The van der Waals surface area contributed by atoms with Gasteiger partial charge in [-0.15, -0.1) is 0 Å². The average molecular weight is 440 g/mol. The molecule has 0 amide bonds. The van der Waals surface area contributed by atoms with Crippen LogP contribution in [0.15, 0.2) is 43.7 Å². The summed E-state index contributed by atoms with van der Waals surface area (Å²) >= 11 is 0. The molecule has 12 nitrogen and oxygen atoms in total. The molecule has 0 spiro atoms. The summed E-state index contributed by atoms with van der Waals surface area (Å²) in [5, 5.41) is 10.3. The monoisotopic (exact) mass is 440 g/mol. The maximum Gasteiger partial charge on any atom is 0.330 e. The molecule has 1 unspecified atom stereocenters. The number of alkyl halides is 1. The fourth-order valence-corrected chi connectivity index (χ4v) is 3.71. The van der Waals surface area contributed by atoms with Crippen molar-refractivity contribution in [3.05, 3.63) is 66.2 Å². The van der Waals surface area contributed by atoms with Crippen LogP contribution in [0.25, 0.3) is 0 Å². The van der Waals surface area contributed by atoms with Crippen molar-refractivity contribution < 1.29 is 23.7 Å². The number of nitrogens with one attached hydrogen (secondary N) is 2. The van der Waals surface area contributed by atoms with E-state index in [1.807, 2.05) is 4.98 Å². The van der Waals surface area contributed by atoms with Gasteiger partial charge in [0.25, 0.3) is 11.1 Å². The summed E-state index contributed by atoms with van der Waals surface area (Å²) in [6.07, 6.45) is -2.98. The zero-order valence-corrected chi connectivity index (χ0v) is 16.2. The molecule has 4 rings (SSSR count). The van der Waals surface area contributed by atoms with E-state index in [1.54, 1.807) is 0 Å². The van der Waals surface area contributed by atoms with E-state index < -0.39 is 59.6 Å². The molecule has 4 heterocycles. The predicted octanol–water partition coefficient (Wildman–Crippen LogP) is -1.27. The number of hydrogen-bond donors (Lipinski definition) is 3. The summed E-state index contributed by atoms with van der Waals surface area (Å²) < 4.78 is 33.1. The molecule has 168 valence electrons. The van der Waals surface area contributed by atoms with Crippen molar-refractivity contribution in [1.82, 2.24) is 19.1 Å². The number of halogens is 1. The molecule has 2 saturated heterocycles. The van der Waals surface area contributed by atoms with E-state index in [0.29, 0.717) is 12.8 Å². The minimum Gasteiger partial charge on any atom is -0.366 e. The Morgan fingerprint density at radius 1 is 1.06 bits per heavy atom. The second-order valence-corrected chi connectivity index (χ2v) is 7.37. The molecule has 6 atom stereocenters. The number of ether oxygens (including phenoxy) is 3. The van der Waals surface area contributed by atoms with Gasteiger partial charge >= 0.3 is 11.4 Å². The van der Waals surface area contributed by atoms with Crippen LogP contribution in [0.2, 0.25) is 0 Å². The van der Waals surface area contributed by atoms with Crippen LogP contribution < -0.4 is 22.5 Å². The molecular weight excluding hydrogens is 419 g/mol. The van der Waals surface area contributed by atoms with Crippen molar-refractivity contribution in [3.63, 3.8) is 0 Å². The molecule has 31 heavy (non-hydrogen) atoms. The molecule has 2 aliphatic rings. The molecule has 3 N–H and O–H groups in total. The summed E-state index contributed by atoms with van der Waals surface area (Å²) in [4.78, 5) is 50.2. The lowest BCUT2D eigenvalue weighted by molar-refractivity contribution is -0.195. The summed E-state index contributed by atoms with van der Waals surface area (Å²) in [5.41, 5.74) is -2.53. The van der Waals surface area contributed by atoms with Gasteiger partial charge in [-0.3, -0.25) is 28.7 Å². The van der Waals surface area contributed by atoms with Gasteiger partial charge in [-0.05, 0) is 12.8 Å². The van der Waals surface area contributed by atoms with Crippen molar-refractivity contribution in [3.8, 4) is 0 Å². The SMILES string of the molecule is O=c1ccn([C@@H]2O[C@H](COC(O)[C@@H]3CC[C@H](n4ccc(=O)[nH]c4=O)O3)C[C@H]2F)c(=O)[nH]1. The molecule has 0 saturated carbocycles. The average Bonchev–Trinajstić information content (AvgIpc) is 3.33. The first kappa shape index (κ1) is 21.4. The third-order valence-electron chi connectivity index (χ3n) is 5.22. The van der Waals surface area contributed by atoms with Crippen LogP contribution in [0, 0.1) is 0 Å². The molecule has 0 radical (unpaired) electrons. The quantitative estimate of drug-likeness (QED) is 0.469. The Balaban J connectivity index is 1.31. The first-order valence-electron chi connectivity index (χ1n) is 9.69. The van der Waals surface area contributed by atoms with Gasteiger partial charge in [0.05, 0.1) is 12.7 Å². The third kappa shape index (κ3) is 4.58. The smallest absolute Gasteiger partial charge is 0.330 e. The Labute approximate surface area is 172 Å². The Bertz CT molecular complexity index is 1160. The molecule has 0 aliphatic carbocycles. The summed E-state index contributed by atoms with van der Waals surface area (Å²) in [7, 11) is 0. The number of aromatic amines is 2. The van der Waals surface area contributed by atoms with Crippen LogP contribution in [-0.4, -0.2) is 55.5 Å². The molecule has 2 fully saturated rings. The Kier molecular flexibility index (Phi) is 6.00. The van der Waals surface area contributed by atoms with Crippen molar-refractivity contribution in [2.75, 3.05) is 6.61 Å². The predicted molar refractivity (Wildman–Crippen MR) is 101 cm³/mol. The van der Waals surface area contributed by atoms with Gasteiger partial charge in [-0.1, -0.05) is 0 Å². The molecular formula is C18H21FN4O8. The fraction of sp³-hybridized carbons (Fsp3) is 0.556. The maximum atomic E-state index is 14.4. The number of hydrogen-bond acceptors (Lipinski definition) is 8. The van der Waals surface area contributed by atoms with Gasteiger partial charge in [0, 0.05) is 30.9 Å². The fourth-order valence-electron chi connectivity index (χ4n) is 3.71. The first-order chi connectivity index (χ1) is 14.8. The van der Waals surface area contributed by atoms with E-state index in [9.17, 15) is 28.7 Å². The molecule has 0 aromatic carbocycles. The van der Waals surface area contributed by atoms with Gasteiger partial charge in [0.15, 0.2) is 12.5 Å². The number of H-pyrrole nitrogens is 2. The van der Waals surface area contributed by atoms with Crippen molar-refractivity contribution in [1.29, 1.82) is 0 Å². The highest BCUT2D eigenvalue weighted by molar-refractivity contribution is 4.89. The largest absolute Gasteiger partial charge is 0.366 e. The Hall–Kier alpha value is -2.87. The van der Waals surface area contributed by atoms with E-state index in [1.165, 1.54) is 16.8 Å². The number of rotatable bonds is 6. The van der Waals surface area contributed by atoms with Crippen LogP contribution in [0.5, 0.6) is 0 Å². The van der Waals surface area contributed by atoms with Crippen LogP contribution >= 0.6 is 0 Å². The van der Waals surface area contributed by atoms with Crippen molar-refractivity contribution >= 4 is 0 Å². The van der Waals surface area contributed by atoms with Gasteiger partial charge < -0.3 is 19.3 Å². The minimum atomic E-state index is -1.51. The second kappa shape index (κ2) is 8.70. The zero-order valence-electron chi connectivity index (χ0n) is 16.2. The second-order valence-electron chi connectivity index (χ2n) is 7.37. The third-order valence-corrected chi connectivity index (χ3v) is 5.22. The highest BCUT2D eigenvalue weighted by atomic mass is 19.1. The summed E-state index contributed by atoms with van der Waals surface area (Å²) in [6, 6.07) is 2.28. The topological polar surface area (TPSA) is 158 Å². The summed E-state index contributed by atoms with van der Waals surface area (Å²) in [5.74, 6) is 0. The lowest BCUT2D eigenvalue weighted by Crippen LogP contribution is -2.35. The van der Waals surface area contributed by atoms with Gasteiger partial charge in [-0.2, -0.15) is 0 Å². The van der Waals surface area contributed by atoms with Crippen LogP contribution in [-0.2, 0) is 14.2 Å².